The van der Waals surface area contributed by atoms with Gasteiger partial charge in [0.05, 0.1) is 6.54 Å². The molecule has 0 N–H and O–H groups in total. The molecule has 0 spiro atoms. The molecule has 1 aliphatic heterocycles. The Labute approximate surface area is 118 Å². The second-order valence-corrected chi connectivity index (χ2v) is 5.02. The zero-order chi connectivity index (χ0) is 13.8. The SMILES string of the molecule is CN(Cc1ncccn1)[C@H]1CCN(c2ncccn2)C1. The highest BCUT2D eigenvalue weighted by Gasteiger charge is 2.27. The second-order valence-electron chi connectivity index (χ2n) is 5.02. The molecular formula is C14H18N6. The first-order valence-electron chi connectivity index (χ1n) is 6.81. The lowest BCUT2D eigenvalue weighted by Gasteiger charge is -2.23. The third kappa shape index (κ3) is 2.91. The highest BCUT2D eigenvalue weighted by Crippen LogP contribution is 2.19. The molecule has 0 unspecified atom stereocenters. The molecule has 0 aromatic carbocycles. The molecule has 2 aromatic heterocycles. The van der Waals surface area contributed by atoms with Gasteiger partial charge in [-0.15, -0.1) is 0 Å². The van der Waals surface area contributed by atoms with Crippen molar-refractivity contribution in [2.24, 2.45) is 0 Å². The lowest BCUT2D eigenvalue weighted by atomic mass is 10.2. The molecule has 0 radical (unpaired) electrons. The average molecular weight is 270 g/mol. The van der Waals surface area contributed by atoms with Crippen LogP contribution in [0.25, 0.3) is 0 Å². The summed E-state index contributed by atoms with van der Waals surface area (Å²) < 4.78 is 0. The predicted molar refractivity (Wildman–Crippen MR) is 76.1 cm³/mol. The molecule has 6 heteroatoms. The van der Waals surface area contributed by atoms with Crippen LogP contribution in [0.4, 0.5) is 5.95 Å². The summed E-state index contributed by atoms with van der Waals surface area (Å²) in [4.78, 5) is 21.7. The fourth-order valence-electron chi connectivity index (χ4n) is 2.50. The lowest BCUT2D eigenvalue weighted by Crippen LogP contribution is -2.35. The molecule has 20 heavy (non-hydrogen) atoms. The molecule has 0 aliphatic carbocycles. The van der Waals surface area contributed by atoms with E-state index in [1.54, 1.807) is 24.8 Å². The van der Waals surface area contributed by atoms with E-state index in [2.05, 4.69) is 36.8 Å². The summed E-state index contributed by atoms with van der Waals surface area (Å²) in [5, 5.41) is 0. The summed E-state index contributed by atoms with van der Waals surface area (Å²) >= 11 is 0. The van der Waals surface area contributed by atoms with Gasteiger partial charge in [-0.3, -0.25) is 4.90 Å². The number of hydrogen-bond donors (Lipinski definition) is 0. The maximum absolute atomic E-state index is 4.31. The van der Waals surface area contributed by atoms with Gasteiger partial charge in [0.1, 0.15) is 5.82 Å². The Hall–Kier alpha value is -2.08. The van der Waals surface area contributed by atoms with E-state index in [4.69, 9.17) is 0 Å². The van der Waals surface area contributed by atoms with E-state index in [0.29, 0.717) is 6.04 Å². The molecule has 1 aliphatic rings. The molecule has 1 saturated heterocycles. The third-order valence-corrected chi connectivity index (χ3v) is 3.63. The fourth-order valence-corrected chi connectivity index (χ4v) is 2.50. The van der Waals surface area contributed by atoms with Crippen LogP contribution in [0.15, 0.2) is 36.9 Å². The van der Waals surface area contributed by atoms with Crippen molar-refractivity contribution in [1.29, 1.82) is 0 Å². The van der Waals surface area contributed by atoms with Crippen LogP contribution in [-0.4, -0.2) is 51.0 Å². The van der Waals surface area contributed by atoms with Gasteiger partial charge in [-0.25, -0.2) is 19.9 Å². The molecule has 6 nitrogen and oxygen atoms in total. The van der Waals surface area contributed by atoms with Crippen molar-refractivity contribution in [3.8, 4) is 0 Å². The zero-order valence-corrected chi connectivity index (χ0v) is 11.6. The first-order chi connectivity index (χ1) is 9.83. The third-order valence-electron chi connectivity index (χ3n) is 3.63. The average Bonchev–Trinajstić information content (AvgIpc) is 2.99. The van der Waals surface area contributed by atoms with Gasteiger partial charge in [-0.2, -0.15) is 0 Å². The molecule has 3 rings (SSSR count). The van der Waals surface area contributed by atoms with E-state index < -0.39 is 0 Å². The summed E-state index contributed by atoms with van der Waals surface area (Å²) in [6.45, 7) is 2.72. The van der Waals surface area contributed by atoms with Crippen molar-refractivity contribution in [1.82, 2.24) is 24.8 Å². The van der Waals surface area contributed by atoms with Gasteiger partial charge < -0.3 is 4.90 Å². The van der Waals surface area contributed by atoms with E-state index in [1.807, 2.05) is 12.1 Å². The van der Waals surface area contributed by atoms with E-state index >= 15 is 0 Å². The van der Waals surface area contributed by atoms with E-state index in [0.717, 1.165) is 37.8 Å². The van der Waals surface area contributed by atoms with Gasteiger partial charge in [0.2, 0.25) is 5.95 Å². The minimum Gasteiger partial charge on any atom is -0.339 e. The Balaban J connectivity index is 1.60. The Bertz CT molecular complexity index is 532. The summed E-state index contributed by atoms with van der Waals surface area (Å²) in [7, 11) is 2.12. The second kappa shape index (κ2) is 5.92. The molecule has 1 atom stereocenters. The molecular weight excluding hydrogens is 252 g/mol. The number of likely N-dealkylation sites (N-methyl/N-ethyl adjacent to an activating group) is 1. The van der Waals surface area contributed by atoms with Gasteiger partial charge in [0.25, 0.3) is 0 Å². The fraction of sp³-hybridized carbons (Fsp3) is 0.429. The maximum atomic E-state index is 4.31. The van der Waals surface area contributed by atoms with Crippen LogP contribution in [0.2, 0.25) is 0 Å². The van der Waals surface area contributed by atoms with Crippen LogP contribution in [0.3, 0.4) is 0 Å². The summed E-state index contributed by atoms with van der Waals surface area (Å²) in [5.41, 5.74) is 0. The number of aromatic nitrogens is 4. The minimum absolute atomic E-state index is 0.489. The van der Waals surface area contributed by atoms with Crippen LogP contribution in [0.5, 0.6) is 0 Å². The van der Waals surface area contributed by atoms with Crippen molar-refractivity contribution < 1.29 is 0 Å². The van der Waals surface area contributed by atoms with Gasteiger partial charge in [0, 0.05) is 43.9 Å². The lowest BCUT2D eigenvalue weighted by molar-refractivity contribution is 0.244. The number of rotatable bonds is 4. The first kappa shape index (κ1) is 12.9. The molecule has 0 bridgehead atoms. The summed E-state index contributed by atoms with van der Waals surface area (Å²) in [6, 6.07) is 4.17. The maximum Gasteiger partial charge on any atom is 0.225 e. The van der Waals surface area contributed by atoms with Crippen molar-refractivity contribution in [3.63, 3.8) is 0 Å². The smallest absolute Gasteiger partial charge is 0.225 e. The topological polar surface area (TPSA) is 58.0 Å². The Morgan fingerprint density at radius 1 is 1.10 bits per heavy atom. The monoisotopic (exact) mass is 270 g/mol. The highest BCUT2D eigenvalue weighted by molar-refractivity contribution is 5.30. The van der Waals surface area contributed by atoms with Crippen LogP contribution in [-0.2, 0) is 6.54 Å². The molecule has 1 fully saturated rings. The van der Waals surface area contributed by atoms with Gasteiger partial charge >= 0.3 is 0 Å². The molecule has 2 aromatic rings. The van der Waals surface area contributed by atoms with E-state index in [1.165, 1.54) is 0 Å². The highest BCUT2D eigenvalue weighted by atomic mass is 15.3. The van der Waals surface area contributed by atoms with E-state index in [9.17, 15) is 0 Å². The zero-order valence-electron chi connectivity index (χ0n) is 11.6. The molecule has 104 valence electrons. The van der Waals surface area contributed by atoms with Gasteiger partial charge in [-0.1, -0.05) is 0 Å². The predicted octanol–water partition coefficient (Wildman–Crippen LogP) is 0.977. The van der Waals surface area contributed by atoms with Crippen molar-refractivity contribution in [2.75, 3.05) is 25.0 Å². The molecule has 0 saturated carbocycles. The normalized spacial score (nSPS) is 18.7. The summed E-state index contributed by atoms with van der Waals surface area (Å²) in [5.74, 6) is 1.68. The number of hydrogen-bond acceptors (Lipinski definition) is 6. The Kier molecular flexibility index (Phi) is 3.83. The molecule has 0 amide bonds. The van der Waals surface area contributed by atoms with Gasteiger partial charge in [0.15, 0.2) is 0 Å². The minimum atomic E-state index is 0.489. The standard InChI is InChI=1S/C14H18N6/c1-19(11-13-15-5-2-6-16-13)12-4-9-20(10-12)14-17-7-3-8-18-14/h2-3,5-8,12H,4,9-11H2,1H3/t12-/m0/s1. The Morgan fingerprint density at radius 3 is 2.45 bits per heavy atom. The van der Waals surface area contributed by atoms with Crippen LogP contribution in [0.1, 0.15) is 12.2 Å². The van der Waals surface area contributed by atoms with Crippen molar-refractivity contribution >= 4 is 5.95 Å². The van der Waals surface area contributed by atoms with Crippen LogP contribution >= 0.6 is 0 Å². The first-order valence-corrected chi connectivity index (χ1v) is 6.81. The summed E-state index contributed by atoms with van der Waals surface area (Å²) in [6.07, 6.45) is 8.26. The van der Waals surface area contributed by atoms with Crippen molar-refractivity contribution in [3.05, 3.63) is 42.7 Å². The Morgan fingerprint density at radius 2 is 1.75 bits per heavy atom. The molecule has 3 heterocycles. The van der Waals surface area contributed by atoms with E-state index in [-0.39, 0.29) is 0 Å². The van der Waals surface area contributed by atoms with Crippen molar-refractivity contribution in [2.45, 2.75) is 19.0 Å². The van der Waals surface area contributed by atoms with Gasteiger partial charge in [-0.05, 0) is 25.6 Å². The van der Waals surface area contributed by atoms with Crippen LogP contribution < -0.4 is 4.90 Å². The quantitative estimate of drug-likeness (QED) is 0.825. The number of anilines is 1. The number of nitrogens with zero attached hydrogens (tertiary/aromatic N) is 6. The largest absolute Gasteiger partial charge is 0.339 e. The van der Waals surface area contributed by atoms with Crippen LogP contribution in [0, 0.1) is 0 Å².